The molecule has 3 N–H and O–H groups in total. The molecule has 0 spiro atoms. The molecular formula is C11H21N3O2. The minimum absolute atomic E-state index is 0.0278. The second kappa shape index (κ2) is 6.48. The number of carbonyl (C=O) groups is 2. The predicted octanol–water partition coefficient (Wildman–Crippen LogP) is -0.148. The predicted molar refractivity (Wildman–Crippen MR) is 61.7 cm³/mol. The molecule has 5 heteroatoms. The molecule has 0 unspecified atom stereocenters. The van der Waals surface area contributed by atoms with Crippen LogP contribution in [-0.2, 0) is 9.59 Å². The van der Waals surface area contributed by atoms with Crippen molar-refractivity contribution in [3.8, 4) is 0 Å². The number of hydrogen-bond donors (Lipinski definition) is 2. The molecule has 0 aromatic carbocycles. The molecule has 1 fully saturated rings. The van der Waals surface area contributed by atoms with Crippen molar-refractivity contribution in [2.75, 3.05) is 20.1 Å². The molecule has 0 atom stereocenters. The van der Waals surface area contributed by atoms with Crippen molar-refractivity contribution in [2.45, 2.75) is 38.1 Å². The van der Waals surface area contributed by atoms with Gasteiger partial charge in [-0.15, -0.1) is 0 Å². The summed E-state index contributed by atoms with van der Waals surface area (Å²) in [6.45, 7) is 0.702. The average Bonchev–Trinajstić information content (AvgIpc) is 2.75. The largest absolute Gasteiger partial charge is 0.368 e. The van der Waals surface area contributed by atoms with Crippen molar-refractivity contribution in [2.24, 2.45) is 5.73 Å². The van der Waals surface area contributed by atoms with Gasteiger partial charge in [0.05, 0.1) is 6.54 Å². The summed E-state index contributed by atoms with van der Waals surface area (Å²) in [4.78, 5) is 24.5. The Hall–Kier alpha value is -1.10. The quantitative estimate of drug-likeness (QED) is 0.662. The third-order valence-corrected chi connectivity index (χ3v) is 3.00. The topological polar surface area (TPSA) is 75.4 Å². The smallest absolute Gasteiger partial charge is 0.237 e. The minimum atomic E-state index is -0.426. The SMILES string of the molecule is CNCCC(=O)N(CC(N)=O)C1CCCC1. The Morgan fingerprint density at radius 2 is 2.00 bits per heavy atom. The highest BCUT2D eigenvalue weighted by atomic mass is 16.2. The molecule has 0 aromatic rings. The lowest BCUT2D eigenvalue weighted by Gasteiger charge is -2.27. The summed E-state index contributed by atoms with van der Waals surface area (Å²) in [5.74, 6) is -0.398. The van der Waals surface area contributed by atoms with Crippen LogP contribution in [0.1, 0.15) is 32.1 Å². The van der Waals surface area contributed by atoms with E-state index < -0.39 is 5.91 Å². The third kappa shape index (κ3) is 3.81. The summed E-state index contributed by atoms with van der Waals surface area (Å²) in [5.41, 5.74) is 5.18. The van der Waals surface area contributed by atoms with Gasteiger partial charge in [0.1, 0.15) is 0 Å². The van der Waals surface area contributed by atoms with Gasteiger partial charge < -0.3 is 16.0 Å². The summed E-state index contributed by atoms with van der Waals surface area (Å²) < 4.78 is 0. The molecule has 1 rings (SSSR count). The molecule has 0 bridgehead atoms. The van der Waals surface area contributed by atoms with Crippen LogP contribution in [0.25, 0.3) is 0 Å². The summed E-state index contributed by atoms with van der Waals surface area (Å²) in [7, 11) is 1.81. The standard InChI is InChI=1S/C11H21N3O2/c1-13-7-6-11(16)14(8-10(12)15)9-4-2-3-5-9/h9,13H,2-8H2,1H3,(H2,12,15). The van der Waals surface area contributed by atoms with Crippen LogP contribution >= 0.6 is 0 Å². The summed E-state index contributed by atoms with van der Waals surface area (Å²) >= 11 is 0. The van der Waals surface area contributed by atoms with Gasteiger partial charge in [-0.25, -0.2) is 0 Å². The van der Waals surface area contributed by atoms with Gasteiger partial charge in [-0.05, 0) is 19.9 Å². The Morgan fingerprint density at radius 3 is 2.50 bits per heavy atom. The molecular weight excluding hydrogens is 206 g/mol. The highest BCUT2D eigenvalue weighted by molar-refractivity contribution is 5.84. The van der Waals surface area contributed by atoms with Crippen molar-refractivity contribution < 1.29 is 9.59 Å². The number of hydrogen-bond acceptors (Lipinski definition) is 3. The van der Waals surface area contributed by atoms with Crippen LogP contribution in [0.15, 0.2) is 0 Å². The second-order valence-corrected chi connectivity index (χ2v) is 4.28. The Bertz CT molecular complexity index is 250. The monoisotopic (exact) mass is 227 g/mol. The summed E-state index contributed by atoms with van der Waals surface area (Å²) in [6.07, 6.45) is 4.70. The fourth-order valence-electron chi connectivity index (χ4n) is 2.18. The van der Waals surface area contributed by atoms with Crippen LogP contribution < -0.4 is 11.1 Å². The van der Waals surface area contributed by atoms with Crippen molar-refractivity contribution in [1.82, 2.24) is 10.2 Å². The Balaban J connectivity index is 2.54. The molecule has 16 heavy (non-hydrogen) atoms. The van der Waals surface area contributed by atoms with Gasteiger partial charge in [0, 0.05) is 19.0 Å². The molecule has 1 aliphatic rings. The van der Waals surface area contributed by atoms with Gasteiger partial charge in [0.25, 0.3) is 0 Å². The number of nitrogens with one attached hydrogen (secondary N) is 1. The van der Waals surface area contributed by atoms with Crippen LogP contribution in [0.2, 0.25) is 0 Å². The van der Waals surface area contributed by atoms with E-state index >= 15 is 0 Å². The number of carbonyl (C=O) groups excluding carboxylic acids is 2. The fraction of sp³-hybridized carbons (Fsp3) is 0.818. The maximum atomic E-state index is 11.9. The zero-order chi connectivity index (χ0) is 12.0. The molecule has 5 nitrogen and oxygen atoms in total. The van der Waals surface area contributed by atoms with Crippen LogP contribution in [0.4, 0.5) is 0 Å². The molecule has 1 aliphatic carbocycles. The average molecular weight is 227 g/mol. The van der Waals surface area contributed by atoms with Crippen molar-refractivity contribution in [1.29, 1.82) is 0 Å². The third-order valence-electron chi connectivity index (χ3n) is 3.00. The van der Waals surface area contributed by atoms with Crippen molar-refractivity contribution in [3.63, 3.8) is 0 Å². The lowest BCUT2D eigenvalue weighted by Crippen LogP contribution is -2.44. The molecule has 0 radical (unpaired) electrons. The Labute approximate surface area is 96.4 Å². The number of amides is 2. The summed E-state index contributed by atoms with van der Waals surface area (Å²) in [5, 5.41) is 2.93. The first-order chi connectivity index (χ1) is 7.65. The number of rotatable bonds is 6. The normalized spacial score (nSPS) is 16.3. The molecule has 0 saturated heterocycles. The minimum Gasteiger partial charge on any atom is -0.368 e. The highest BCUT2D eigenvalue weighted by Gasteiger charge is 2.27. The first-order valence-corrected chi connectivity index (χ1v) is 5.87. The van der Waals surface area contributed by atoms with E-state index in [-0.39, 0.29) is 18.5 Å². The lowest BCUT2D eigenvalue weighted by molar-refractivity contribution is -0.137. The van der Waals surface area contributed by atoms with Gasteiger partial charge in [0.2, 0.25) is 11.8 Å². The highest BCUT2D eigenvalue weighted by Crippen LogP contribution is 2.23. The van der Waals surface area contributed by atoms with E-state index in [1.165, 1.54) is 0 Å². The zero-order valence-electron chi connectivity index (χ0n) is 9.87. The molecule has 92 valence electrons. The van der Waals surface area contributed by atoms with E-state index in [0.29, 0.717) is 13.0 Å². The first kappa shape index (κ1) is 13.0. The van der Waals surface area contributed by atoms with Gasteiger partial charge in [-0.2, -0.15) is 0 Å². The second-order valence-electron chi connectivity index (χ2n) is 4.28. The van der Waals surface area contributed by atoms with Crippen molar-refractivity contribution in [3.05, 3.63) is 0 Å². The van der Waals surface area contributed by atoms with E-state index in [9.17, 15) is 9.59 Å². The first-order valence-electron chi connectivity index (χ1n) is 5.87. The maximum absolute atomic E-state index is 11.9. The van der Waals surface area contributed by atoms with Crippen LogP contribution in [-0.4, -0.2) is 42.9 Å². The lowest BCUT2D eigenvalue weighted by atomic mass is 10.2. The number of primary amides is 1. The van der Waals surface area contributed by atoms with Gasteiger partial charge in [0.15, 0.2) is 0 Å². The molecule has 1 saturated carbocycles. The molecule has 0 aliphatic heterocycles. The summed E-state index contributed by atoms with van der Waals surface area (Å²) in [6, 6.07) is 0.219. The van der Waals surface area contributed by atoms with Gasteiger partial charge in [-0.1, -0.05) is 12.8 Å². The molecule has 2 amide bonds. The van der Waals surface area contributed by atoms with Crippen molar-refractivity contribution >= 4 is 11.8 Å². The van der Waals surface area contributed by atoms with E-state index in [1.807, 2.05) is 0 Å². The van der Waals surface area contributed by atoms with Gasteiger partial charge in [-0.3, -0.25) is 9.59 Å². The molecule has 0 heterocycles. The van der Waals surface area contributed by atoms with Crippen LogP contribution in [0, 0.1) is 0 Å². The molecule has 0 aromatic heterocycles. The van der Waals surface area contributed by atoms with Crippen LogP contribution in [0.5, 0.6) is 0 Å². The van der Waals surface area contributed by atoms with E-state index in [2.05, 4.69) is 5.32 Å². The van der Waals surface area contributed by atoms with E-state index in [1.54, 1.807) is 11.9 Å². The Morgan fingerprint density at radius 1 is 1.38 bits per heavy atom. The van der Waals surface area contributed by atoms with E-state index in [0.717, 1.165) is 25.7 Å². The maximum Gasteiger partial charge on any atom is 0.237 e. The number of nitrogens with zero attached hydrogens (tertiary/aromatic N) is 1. The number of nitrogens with two attached hydrogens (primary N) is 1. The Kier molecular flexibility index (Phi) is 5.25. The van der Waals surface area contributed by atoms with Gasteiger partial charge >= 0.3 is 0 Å². The fourth-order valence-corrected chi connectivity index (χ4v) is 2.18. The van der Waals surface area contributed by atoms with E-state index in [4.69, 9.17) is 5.73 Å². The van der Waals surface area contributed by atoms with Crippen LogP contribution in [0.3, 0.4) is 0 Å². The zero-order valence-corrected chi connectivity index (χ0v) is 9.87.